The standard InChI is InChI=1S/C14H21FN2O/c1-17(9-11-4-3-5-12(15)6-11)10-13-7-14(18-2)8-16-13/h3-6,13-14,16H,7-10H2,1-2H3. The molecule has 0 spiro atoms. The SMILES string of the molecule is COC1CNC(CN(C)Cc2cccc(F)c2)C1. The molecule has 1 saturated heterocycles. The van der Waals surface area contributed by atoms with Gasteiger partial charge in [0.1, 0.15) is 5.82 Å². The van der Waals surface area contributed by atoms with E-state index in [9.17, 15) is 4.39 Å². The number of methoxy groups -OCH3 is 1. The molecule has 1 heterocycles. The highest BCUT2D eigenvalue weighted by Crippen LogP contribution is 2.12. The van der Waals surface area contributed by atoms with Gasteiger partial charge in [-0.05, 0) is 31.2 Å². The molecular weight excluding hydrogens is 231 g/mol. The third-order valence-electron chi connectivity index (χ3n) is 3.39. The molecule has 2 rings (SSSR count). The van der Waals surface area contributed by atoms with Crippen molar-refractivity contribution in [3.63, 3.8) is 0 Å². The Balaban J connectivity index is 1.80. The summed E-state index contributed by atoms with van der Waals surface area (Å²) in [6.07, 6.45) is 1.38. The van der Waals surface area contributed by atoms with Crippen molar-refractivity contribution >= 4 is 0 Å². The number of hydrogen-bond acceptors (Lipinski definition) is 3. The molecule has 0 radical (unpaired) electrons. The van der Waals surface area contributed by atoms with Gasteiger partial charge in [0, 0.05) is 32.8 Å². The molecule has 1 aliphatic heterocycles. The lowest BCUT2D eigenvalue weighted by atomic mass is 10.1. The van der Waals surface area contributed by atoms with E-state index in [1.54, 1.807) is 19.2 Å². The summed E-state index contributed by atoms with van der Waals surface area (Å²) in [5, 5.41) is 3.44. The molecule has 1 aliphatic rings. The lowest BCUT2D eigenvalue weighted by molar-refractivity contribution is 0.116. The summed E-state index contributed by atoms with van der Waals surface area (Å²) in [5.41, 5.74) is 1.01. The summed E-state index contributed by atoms with van der Waals surface area (Å²) >= 11 is 0. The van der Waals surface area contributed by atoms with Crippen LogP contribution < -0.4 is 5.32 Å². The summed E-state index contributed by atoms with van der Waals surface area (Å²) in [5.74, 6) is -0.167. The second-order valence-corrected chi connectivity index (χ2v) is 5.03. The first-order chi connectivity index (χ1) is 8.67. The average Bonchev–Trinajstić information content (AvgIpc) is 2.76. The van der Waals surface area contributed by atoms with Crippen molar-refractivity contribution in [2.45, 2.75) is 25.1 Å². The fraction of sp³-hybridized carbons (Fsp3) is 0.571. The molecule has 1 aromatic carbocycles. The molecule has 4 heteroatoms. The monoisotopic (exact) mass is 252 g/mol. The second kappa shape index (κ2) is 6.27. The Morgan fingerprint density at radius 3 is 3.00 bits per heavy atom. The van der Waals surface area contributed by atoms with Gasteiger partial charge in [-0.15, -0.1) is 0 Å². The van der Waals surface area contributed by atoms with Gasteiger partial charge in [0.2, 0.25) is 0 Å². The Morgan fingerprint density at radius 1 is 1.50 bits per heavy atom. The van der Waals surface area contributed by atoms with Crippen molar-refractivity contribution in [3.8, 4) is 0 Å². The third-order valence-corrected chi connectivity index (χ3v) is 3.39. The van der Waals surface area contributed by atoms with Gasteiger partial charge >= 0.3 is 0 Å². The van der Waals surface area contributed by atoms with E-state index in [2.05, 4.69) is 17.3 Å². The summed E-state index contributed by atoms with van der Waals surface area (Å²) in [6.45, 7) is 2.65. The molecule has 0 bridgehead atoms. The number of benzene rings is 1. The van der Waals surface area contributed by atoms with Crippen LogP contribution in [0.25, 0.3) is 0 Å². The number of halogens is 1. The van der Waals surface area contributed by atoms with Crippen LogP contribution in [0.3, 0.4) is 0 Å². The lowest BCUT2D eigenvalue weighted by Gasteiger charge is -2.21. The number of ether oxygens (including phenoxy) is 1. The molecule has 1 N–H and O–H groups in total. The Bertz CT molecular complexity index is 386. The number of nitrogens with one attached hydrogen (secondary N) is 1. The van der Waals surface area contributed by atoms with Crippen LogP contribution in [-0.4, -0.2) is 44.3 Å². The fourth-order valence-corrected chi connectivity index (χ4v) is 2.49. The van der Waals surface area contributed by atoms with E-state index in [1.807, 2.05) is 6.07 Å². The highest BCUT2D eigenvalue weighted by Gasteiger charge is 2.24. The van der Waals surface area contributed by atoms with Gasteiger partial charge in [-0.3, -0.25) is 0 Å². The van der Waals surface area contributed by atoms with Gasteiger partial charge in [0.25, 0.3) is 0 Å². The Morgan fingerprint density at radius 2 is 2.33 bits per heavy atom. The quantitative estimate of drug-likeness (QED) is 0.862. The van der Waals surface area contributed by atoms with E-state index in [4.69, 9.17) is 4.74 Å². The zero-order valence-corrected chi connectivity index (χ0v) is 11.0. The molecule has 1 aromatic rings. The van der Waals surface area contributed by atoms with Crippen LogP contribution in [0.15, 0.2) is 24.3 Å². The maximum atomic E-state index is 13.1. The number of nitrogens with zero attached hydrogens (tertiary/aromatic N) is 1. The minimum atomic E-state index is -0.167. The minimum absolute atomic E-state index is 0.167. The molecule has 1 fully saturated rings. The topological polar surface area (TPSA) is 24.5 Å². The number of likely N-dealkylation sites (N-methyl/N-ethyl adjacent to an activating group) is 1. The smallest absolute Gasteiger partial charge is 0.123 e. The molecule has 2 unspecified atom stereocenters. The fourth-order valence-electron chi connectivity index (χ4n) is 2.49. The summed E-state index contributed by atoms with van der Waals surface area (Å²) < 4.78 is 18.4. The van der Waals surface area contributed by atoms with Crippen molar-refractivity contribution in [1.82, 2.24) is 10.2 Å². The Hall–Kier alpha value is -0.970. The van der Waals surface area contributed by atoms with Crippen LogP contribution in [0.5, 0.6) is 0 Å². The summed E-state index contributed by atoms with van der Waals surface area (Å²) in [6, 6.07) is 7.25. The zero-order chi connectivity index (χ0) is 13.0. The normalized spacial score (nSPS) is 23.8. The Labute approximate surface area is 108 Å². The van der Waals surface area contributed by atoms with Gasteiger partial charge in [-0.1, -0.05) is 12.1 Å². The van der Waals surface area contributed by atoms with E-state index in [0.717, 1.165) is 31.6 Å². The van der Waals surface area contributed by atoms with E-state index >= 15 is 0 Å². The zero-order valence-electron chi connectivity index (χ0n) is 11.0. The molecule has 0 aliphatic carbocycles. The molecule has 18 heavy (non-hydrogen) atoms. The molecular formula is C14H21FN2O. The van der Waals surface area contributed by atoms with E-state index in [1.165, 1.54) is 6.07 Å². The van der Waals surface area contributed by atoms with Gasteiger partial charge < -0.3 is 15.0 Å². The maximum Gasteiger partial charge on any atom is 0.123 e. The summed E-state index contributed by atoms with van der Waals surface area (Å²) in [4.78, 5) is 2.21. The molecule has 3 nitrogen and oxygen atoms in total. The van der Waals surface area contributed by atoms with Crippen molar-refractivity contribution in [3.05, 3.63) is 35.6 Å². The highest BCUT2D eigenvalue weighted by atomic mass is 19.1. The molecule has 2 atom stereocenters. The first-order valence-corrected chi connectivity index (χ1v) is 6.36. The van der Waals surface area contributed by atoms with Crippen molar-refractivity contribution in [2.24, 2.45) is 0 Å². The highest BCUT2D eigenvalue weighted by molar-refractivity contribution is 5.16. The summed E-state index contributed by atoms with van der Waals surface area (Å²) in [7, 11) is 3.82. The van der Waals surface area contributed by atoms with E-state index < -0.39 is 0 Å². The van der Waals surface area contributed by atoms with Crippen LogP contribution in [0.1, 0.15) is 12.0 Å². The van der Waals surface area contributed by atoms with Crippen molar-refractivity contribution in [2.75, 3.05) is 27.2 Å². The second-order valence-electron chi connectivity index (χ2n) is 5.03. The van der Waals surface area contributed by atoms with Crippen LogP contribution in [0.2, 0.25) is 0 Å². The van der Waals surface area contributed by atoms with Crippen molar-refractivity contribution in [1.29, 1.82) is 0 Å². The van der Waals surface area contributed by atoms with Crippen LogP contribution in [0, 0.1) is 5.82 Å². The third kappa shape index (κ3) is 3.77. The van der Waals surface area contributed by atoms with Crippen LogP contribution in [-0.2, 0) is 11.3 Å². The average molecular weight is 252 g/mol. The largest absolute Gasteiger partial charge is 0.380 e. The maximum absolute atomic E-state index is 13.1. The predicted octanol–water partition coefficient (Wildman–Crippen LogP) is 1.63. The predicted molar refractivity (Wildman–Crippen MR) is 69.9 cm³/mol. The van der Waals surface area contributed by atoms with Crippen LogP contribution >= 0.6 is 0 Å². The van der Waals surface area contributed by atoms with Gasteiger partial charge in [0.15, 0.2) is 0 Å². The van der Waals surface area contributed by atoms with E-state index in [0.29, 0.717) is 12.1 Å². The minimum Gasteiger partial charge on any atom is -0.380 e. The number of hydrogen-bond donors (Lipinski definition) is 1. The van der Waals surface area contributed by atoms with Gasteiger partial charge in [0.05, 0.1) is 6.10 Å². The Kier molecular flexibility index (Phi) is 4.69. The first kappa shape index (κ1) is 13.5. The van der Waals surface area contributed by atoms with E-state index in [-0.39, 0.29) is 5.82 Å². The first-order valence-electron chi connectivity index (χ1n) is 6.36. The molecule has 0 amide bonds. The van der Waals surface area contributed by atoms with Gasteiger partial charge in [-0.25, -0.2) is 4.39 Å². The molecule has 0 saturated carbocycles. The molecule has 0 aromatic heterocycles. The lowest BCUT2D eigenvalue weighted by Crippen LogP contribution is -2.34. The van der Waals surface area contributed by atoms with Gasteiger partial charge in [-0.2, -0.15) is 0 Å². The number of rotatable bonds is 5. The molecule has 100 valence electrons. The van der Waals surface area contributed by atoms with Crippen molar-refractivity contribution < 1.29 is 9.13 Å². The van der Waals surface area contributed by atoms with Crippen LogP contribution in [0.4, 0.5) is 4.39 Å².